The molecule has 0 aliphatic heterocycles. The van der Waals surface area contributed by atoms with E-state index in [0.717, 1.165) is 0 Å². The van der Waals surface area contributed by atoms with E-state index in [9.17, 15) is 9.59 Å². The predicted molar refractivity (Wildman–Crippen MR) is 62.1 cm³/mol. The monoisotopic (exact) mass is 257 g/mol. The van der Waals surface area contributed by atoms with Gasteiger partial charge in [-0.2, -0.15) is 0 Å². The summed E-state index contributed by atoms with van der Waals surface area (Å²) in [6, 6.07) is 4.31. The van der Waals surface area contributed by atoms with E-state index in [1.807, 2.05) is 0 Å². The molecule has 1 rings (SSSR count). The minimum absolute atomic E-state index is 0.219. The number of esters is 1. The molecule has 5 nitrogen and oxygen atoms in total. The highest BCUT2D eigenvalue weighted by Crippen LogP contribution is 2.20. The number of nitrogens with two attached hydrogens (primary N) is 1. The van der Waals surface area contributed by atoms with Crippen LogP contribution < -0.4 is 10.5 Å². The first-order valence-electron chi connectivity index (χ1n) is 4.91. The molecule has 0 saturated carbocycles. The quantitative estimate of drug-likeness (QED) is 0.809. The molecule has 0 fully saturated rings. The summed E-state index contributed by atoms with van der Waals surface area (Å²) in [6.45, 7) is 1.74. The first-order valence-corrected chi connectivity index (χ1v) is 5.29. The third-order valence-corrected chi connectivity index (χ3v) is 2.04. The highest BCUT2D eigenvalue weighted by Gasteiger charge is 2.07. The van der Waals surface area contributed by atoms with Crippen LogP contribution in [0, 0.1) is 0 Å². The van der Waals surface area contributed by atoms with Crippen LogP contribution >= 0.6 is 11.6 Å². The molecule has 0 atom stereocenters. The summed E-state index contributed by atoms with van der Waals surface area (Å²) in [5.74, 6) is -0.819. The maximum absolute atomic E-state index is 11.0. The molecule has 2 N–H and O–H groups in total. The summed E-state index contributed by atoms with van der Waals surface area (Å²) >= 11 is 5.77. The second-order valence-electron chi connectivity index (χ2n) is 3.13. The van der Waals surface area contributed by atoms with Crippen molar-refractivity contribution in [2.45, 2.75) is 6.92 Å². The Morgan fingerprint density at radius 1 is 1.35 bits per heavy atom. The lowest BCUT2D eigenvalue weighted by Gasteiger charge is -2.07. The zero-order valence-electron chi connectivity index (χ0n) is 9.23. The smallest absolute Gasteiger partial charge is 0.344 e. The van der Waals surface area contributed by atoms with Crippen molar-refractivity contribution in [1.82, 2.24) is 0 Å². The summed E-state index contributed by atoms with van der Waals surface area (Å²) in [5, 5.41) is 0.306. The summed E-state index contributed by atoms with van der Waals surface area (Å²) in [4.78, 5) is 22.0. The largest absolute Gasteiger partial charge is 0.482 e. The lowest BCUT2D eigenvalue weighted by molar-refractivity contribution is -0.145. The molecule has 0 unspecified atom stereocenters. The third-order valence-electron chi connectivity index (χ3n) is 1.82. The predicted octanol–water partition coefficient (Wildman–Crippen LogP) is 1.38. The molecule has 0 bridgehead atoms. The molecule has 0 aliphatic carbocycles. The van der Waals surface area contributed by atoms with Gasteiger partial charge in [0, 0.05) is 10.6 Å². The number of benzene rings is 1. The van der Waals surface area contributed by atoms with Crippen molar-refractivity contribution in [2.24, 2.45) is 5.73 Å². The van der Waals surface area contributed by atoms with Crippen LogP contribution in [0.1, 0.15) is 17.3 Å². The average molecular weight is 258 g/mol. The van der Waals surface area contributed by atoms with Gasteiger partial charge in [-0.05, 0) is 25.1 Å². The zero-order valence-corrected chi connectivity index (χ0v) is 9.99. The molecule has 92 valence electrons. The number of hydrogen-bond donors (Lipinski definition) is 1. The molecule has 0 spiro atoms. The number of primary amides is 1. The van der Waals surface area contributed by atoms with Crippen molar-refractivity contribution in [2.75, 3.05) is 13.2 Å². The fourth-order valence-corrected chi connectivity index (χ4v) is 1.36. The van der Waals surface area contributed by atoms with Crippen LogP contribution in [0.4, 0.5) is 0 Å². The molecule has 0 aromatic heterocycles. The summed E-state index contributed by atoms with van der Waals surface area (Å²) in [7, 11) is 0. The molecule has 0 heterocycles. The number of halogens is 1. The molecule has 17 heavy (non-hydrogen) atoms. The summed E-state index contributed by atoms with van der Waals surface area (Å²) in [6.07, 6.45) is 0. The van der Waals surface area contributed by atoms with Crippen molar-refractivity contribution >= 4 is 23.5 Å². The maximum atomic E-state index is 11.0. The highest BCUT2D eigenvalue weighted by atomic mass is 35.5. The van der Waals surface area contributed by atoms with E-state index in [4.69, 9.17) is 22.1 Å². The first kappa shape index (κ1) is 13.3. The zero-order chi connectivity index (χ0) is 12.8. The number of hydrogen-bond acceptors (Lipinski definition) is 4. The van der Waals surface area contributed by atoms with Crippen LogP contribution in [0.5, 0.6) is 5.75 Å². The number of rotatable bonds is 5. The number of ether oxygens (including phenoxy) is 2. The Morgan fingerprint density at radius 2 is 2.06 bits per heavy atom. The van der Waals surface area contributed by atoms with Gasteiger partial charge in [-0.1, -0.05) is 11.6 Å². The normalized spacial score (nSPS) is 9.76. The van der Waals surface area contributed by atoms with Crippen molar-refractivity contribution in [3.05, 3.63) is 28.8 Å². The Kier molecular flexibility index (Phi) is 4.78. The van der Waals surface area contributed by atoms with Crippen LogP contribution in [0.25, 0.3) is 0 Å². The van der Waals surface area contributed by atoms with E-state index >= 15 is 0 Å². The van der Waals surface area contributed by atoms with Crippen LogP contribution in [-0.4, -0.2) is 25.1 Å². The van der Waals surface area contributed by atoms with E-state index in [1.54, 1.807) is 6.92 Å². The lowest BCUT2D eigenvalue weighted by atomic mass is 10.2. The second-order valence-corrected chi connectivity index (χ2v) is 3.57. The Morgan fingerprint density at radius 3 is 2.65 bits per heavy atom. The Bertz CT molecular complexity index is 433. The van der Waals surface area contributed by atoms with Gasteiger partial charge in [-0.3, -0.25) is 4.79 Å². The molecular formula is C11H12ClNO4. The van der Waals surface area contributed by atoms with Gasteiger partial charge in [-0.15, -0.1) is 0 Å². The van der Waals surface area contributed by atoms with Crippen LogP contribution in [0.15, 0.2) is 18.2 Å². The molecule has 0 saturated heterocycles. The van der Waals surface area contributed by atoms with Gasteiger partial charge >= 0.3 is 5.97 Å². The second kappa shape index (κ2) is 6.10. The fourth-order valence-electron chi connectivity index (χ4n) is 1.13. The average Bonchev–Trinajstić information content (AvgIpc) is 2.26. The van der Waals surface area contributed by atoms with Gasteiger partial charge in [-0.25, -0.2) is 4.79 Å². The van der Waals surface area contributed by atoms with Gasteiger partial charge in [0.25, 0.3) is 0 Å². The topological polar surface area (TPSA) is 78.6 Å². The van der Waals surface area contributed by atoms with Gasteiger partial charge in [0.2, 0.25) is 5.91 Å². The fraction of sp³-hybridized carbons (Fsp3) is 0.273. The van der Waals surface area contributed by atoms with Crippen molar-refractivity contribution in [3.63, 3.8) is 0 Å². The van der Waals surface area contributed by atoms with Crippen LogP contribution in [0.2, 0.25) is 5.02 Å². The Balaban J connectivity index is 2.71. The van der Waals surface area contributed by atoms with E-state index in [-0.39, 0.29) is 18.8 Å². The summed E-state index contributed by atoms with van der Waals surface area (Å²) < 4.78 is 9.81. The highest BCUT2D eigenvalue weighted by molar-refractivity contribution is 6.31. The standard InChI is InChI=1S/C11H12ClNO4/c1-2-16-10(14)6-17-9-4-7(11(13)15)3-8(12)5-9/h3-5H,2,6H2,1H3,(H2,13,15). The van der Waals surface area contributed by atoms with Crippen molar-refractivity contribution in [1.29, 1.82) is 0 Å². The van der Waals surface area contributed by atoms with Gasteiger partial charge in [0.05, 0.1) is 6.61 Å². The van der Waals surface area contributed by atoms with E-state index in [2.05, 4.69) is 4.74 Å². The van der Waals surface area contributed by atoms with Crippen LogP contribution in [0.3, 0.4) is 0 Å². The molecule has 1 aromatic rings. The Labute approximate surface area is 103 Å². The lowest BCUT2D eigenvalue weighted by Crippen LogP contribution is -2.15. The van der Waals surface area contributed by atoms with Gasteiger partial charge in [0.1, 0.15) is 5.75 Å². The van der Waals surface area contributed by atoms with Gasteiger partial charge in [0.15, 0.2) is 6.61 Å². The van der Waals surface area contributed by atoms with Crippen LogP contribution in [-0.2, 0) is 9.53 Å². The first-order chi connectivity index (χ1) is 8.02. The van der Waals surface area contributed by atoms with Gasteiger partial charge < -0.3 is 15.2 Å². The minimum Gasteiger partial charge on any atom is -0.482 e. The van der Waals surface area contributed by atoms with Crippen molar-refractivity contribution < 1.29 is 19.1 Å². The van der Waals surface area contributed by atoms with E-state index in [1.165, 1.54) is 18.2 Å². The Hall–Kier alpha value is -1.75. The van der Waals surface area contributed by atoms with E-state index in [0.29, 0.717) is 10.8 Å². The molecular weight excluding hydrogens is 246 g/mol. The SMILES string of the molecule is CCOC(=O)COc1cc(Cl)cc(C(N)=O)c1. The number of carbonyl (C=O) groups excluding carboxylic acids is 2. The third kappa shape index (κ3) is 4.32. The molecule has 1 amide bonds. The molecule has 6 heteroatoms. The van der Waals surface area contributed by atoms with E-state index < -0.39 is 11.9 Å². The number of amides is 1. The summed E-state index contributed by atoms with van der Waals surface area (Å²) in [5.41, 5.74) is 5.33. The maximum Gasteiger partial charge on any atom is 0.344 e. The molecule has 1 aromatic carbocycles. The molecule has 0 aliphatic rings. The van der Waals surface area contributed by atoms with Crippen molar-refractivity contribution in [3.8, 4) is 5.75 Å². The number of carbonyl (C=O) groups is 2. The minimum atomic E-state index is -0.617. The molecule has 0 radical (unpaired) electrons.